The van der Waals surface area contributed by atoms with Crippen molar-refractivity contribution in [2.75, 3.05) is 0 Å². The molecule has 0 aromatic heterocycles. The zero-order valence-corrected chi connectivity index (χ0v) is 9.31. The summed E-state index contributed by atoms with van der Waals surface area (Å²) in [6.07, 6.45) is 11.5. The van der Waals surface area contributed by atoms with Crippen LogP contribution in [0.25, 0.3) is 0 Å². The first-order valence-corrected chi connectivity index (χ1v) is 5.76. The Morgan fingerprint density at radius 3 is 2.15 bits per heavy atom. The van der Waals surface area contributed by atoms with Gasteiger partial charge in [-0.25, -0.2) is 0 Å². The van der Waals surface area contributed by atoms with E-state index in [4.69, 9.17) is 5.11 Å². The zero-order valence-electron chi connectivity index (χ0n) is 8.41. The first-order chi connectivity index (χ1) is 6.27. The van der Waals surface area contributed by atoms with Crippen molar-refractivity contribution in [3.8, 4) is 0 Å². The van der Waals surface area contributed by atoms with E-state index in [1.165, 1.54) is 32.1 Å². The van der Waals surface area contributed by atoms with Gasteiger partial charge in [-0.3, -0.25) is 0 Å². The van der Waals surface area contributed by atoms with Gasteiger partial charge in [-0.15, -0.1) is 19.2 Å². The van der Waals surface area contributed by atoms with E-state index in [1.54, 1.807) is 0 Å². The maximum atomic E-state index is 8.88. The fourth-order valence-electron chi connectivity index (χ4n) is 1.32. The Bertz CT molecular complexity index is 113. The van der Waals surface area contributed by atoms with Crippen molar-refractivity contribution in [1.29, 1.82) is 0 Å². The lowest BCUT2D eigenvalue weighted by Crippen LogP contribution is -1.94. The van der Waals surface area contributed by atoms with Crippen LogP contribution in [0.2, 0.25) is 0 Å². The Morgan fingerprint density at radius 1 is 1.08 bits per heavy atom. The average molecular weight is 202 g/mol. The van der Waals surface area contributed by atoms with Crippen molar-refractivity contribution >= 4 is 12.6 Å². The standard InChI is InChI=1S/C11H22OS/c1-2-3-4-5-6-7-8-9-10-11(12)13/h2,11-13H,1,3-10H2. The highest BCUT2D eigenvalue weighted by Crippen LogP contribution is 2.10. The summed E-state index contributed by atoms with van der Waals surface area (Å²) in [5, 5.41) is 8.88. The number of unbranched alkanes of at least 4 members (excludes halogenated alkanes) is 6. The van der Waals surface area contributed by atoms with Crippen LogP contribution in [-0.4, -0.2) is 10.5 Å². The molecule has 1 unspecified atom stereocenters. The zero-order chi connectivity index (χ0) is 9.94. The monoisotopic (exact) mass is 202 g/mol. The molecule has 0 radical (unpaired) electrons. The molecule has 0 amide bonds. The van der Waals surface area contributed by atoms with E-state index >= 15 is 0 Å². The molecule has 13 heavy (non-hydrogen) atoms. The Labute approximate surface area is 87.6 Å². The third kappa shape index (κ3) is 12.1. The molecule has 0 spiro atoms. The molecule has 78 valence electrons. The number of hydrogen-bond acceptors (Lipinski definition) is 2. The highest BCUT2D eigenvalue weighted by molar-refractivity contribution is 7.80. The quantitative estimate of drug-likeness (QED) is 0.254. The second kappa shape index (κ2) is 10.1. The maximum Gasteiger partial charge on any atom is 0.0964 e. The van der Waals surface area contributed by atoms with E-state index < -0.39 is 5.44 Å². The molecule has 0 heterocycles. The number of aliphatic hydroxyl groups is 1. The van der Waals surface area contributed by atoms with Gasteiger partial charge >= 0.3 is 0 Å². The highest BCUT2D eigenvalue weighted by atomic mass is 32.1. The predicted octanol–water partition coefficient (Wildman–Crippen LogP) is 3.54. The summed E-state index contributed by atoms with van der Waals surface area (Å²) in [5.74, 6) is 0. The molecule has 0 aliphatic heterocycles. The van der Waals surface area contributed by atoms with E-state index in [2.05, 4.69) is 19.2 Å². The molecule has 0 saturated heterocycles. The van der Waals surface area contributed by atoms with Gasteiger partial charge in [-0.05, 0) is 19.3 Å². The smallest absolute Gasteiger partial charge is 0.0964 e. The summed E-state index contributed by atoms with van der Waals surface area (Å²) < 4.78 is 0. The van der Waals surface area contributed by atoms with Crippen molar-refractivity contribution in [1.82, 2.24) is 0 Å². The molecule has 2 heteroatoms. The minimum Gasteiger partial charge on any atom is -0.383 e. The second-order valence-corrected chi connectivity index (χ2v) is 4.06. The molecule has 1 N–H and O–H groups in total. The number of thiol groups is 1. The minimum atomic E-state index is -0.416. The van der Waals surface area contributed by atoms with Gasteiger partial charge in [0.05, 0.1) is 5.44 Å². The van der Waals surface area contributed by atoms with Crippen LogP contribution in [-0.2, 0) is 0 Å². The Hall–Kier alpha value is 0.0500. The van der Waals surface area contributed by atoms with Gasteiger partial charge in [0.2, 0.25) is 0 Å². The first-order valence-electron chi connectivity index (χ1n) is 5.24. The molecule has 0 rings (SSSR count). The van der Waals surface area contributed by atoms with Crippen LogP contribution in [0.3, 0.4) is 0 Å². The van der Waals surface area contributed by atoms with Gasteiger partial charge < -0.3 is 5.11 Å². The lowest BCUT2D eigenvalue weighted by atomic mass is 10.1. The van der Waals surface area contributed by atoms with E-state index in [0.29, 0.717) is 0 Å². The first kappa shape index (κ1) is 13.1. The molecule has 0 bridgehead atoms. The van der Waals surface area contributed by atoms with Gasteiger partial charge in [0.15, 0.2) is 0 Å². The Kier molecular flexibility index (Phi) is 10.2. The van der Waals surface area contributed by atoms with Crippen molar-refractivity contribution < 1.29 is 5.11 Å². The van der Waals surface area contributed by atoms with Crippen LogP contribution in [0.4, 0.5) is 0 Å². The Morgan fingerprint density at radius 2 is 1.62 bits per heavy atom. The summed E-state index contributed by atoms with van der Waals surface area (Å²) in [6.45, 7) is 3.69. The van der Waals surface area contributed by atoms with E-state index in [0.717, 1.165) is 19.3 Å². The van der Waals surface area contributed by atoms with Gasteiger partial charge in [0, 0.05) is 0 Å². The largest absolute Gasteiger partial charge is 0.383 e. The molecule has 0 aromatic rings. The molecule has 0 aliphatic carbocycles. The topological polar surface area (TPSA) is 20.2 Å². The number of aliphatic hydroxyl groups excluding tert-OH is 1. The Balaban J connectivity index is 2.87. The summed E-state index contributed by atoms with van der Waals surface area (Å²) in [4.78, 5) is 0. The molecule has 1 atom stereocenters. The molecule has 0 aromatic carbocycles. The number of rotatable bonds is 9. The van der Waals surface area contributed by atoms with Crippen molar-refractivity contribution in [3.05, 3.63) is 12.7 Å². The van der Waals surface area contributed by atoms with Crippen LogP contribution in [0, 0.1) is 0 Å². The van der Waals surface area contributed by atoms with Gasteiger partial charge in [0.25, 0.3) is 0 Å². The van der Waals surface area contributed by atoms with Crippen molar-refractivity contribution in [3.63, 3.8) is 0 Å². The van der Waals surface area contributed by atoms with E-state index in [-0.39, 0.29) is 0 Å². The third-order valence-corrected chi connectivity index (χ3v) is 2.38. The lowest BCUT2D eigenvalue weighted by Gasteiger charge is -2.02. The van der Waals surface area contributed by atoms with Crippen LogP contribution in [0.5, 0.6) is 0 Å². The molecule has 0 fully saturated rings. The highest BCUT2D eigenvalue weighted by Gasteiger charge is 1.95. The van der Waals surface area contributed by atoms with Crippen LogP contribution >= 0.6 is 12.6 Å². The second-order valence-electron chi connectivity index (χ2n) is 3.47. The summed E-state index contributed by atoms with van der Waals surface area (Å²) >= 11 is 3.91. The van der Waals surface area contributed by atoms with Crippen molar-refractivity contribution in [2.24, 2.45) is 0 Å². The summed E-state index contributed by atoms with van der Waals surface area (Å²) in [5.41, 5.74) is -0.416. The van der Waals surface area contributed by atoms with Crippen LogP contribution in [0.1, 0.15) is 51.4 Å². The normalized spacial score (nSPS) is 12.8. The molecule has 0 aliphatic rings. The number of hydrogen-bond donors (Lipinski definition) is 2. The van der Waals surface area contributed by atoms with Crippen LogP contribution < -0.4 is 0 Å². The van der Waals surface area contributed by atoms with E-state index in [9.17, 15) is 0 Å². The third-order valence-electron chi connectivity index (χ3n) is 2.12. The fourth-order valence-corrected chi connectivity index (χ4v) is 1.51. The molecular formula is C11H22OS. The van der Waals surface area contributed by atoms with Gasteiger partial charge in [0.1, 0.15) is 0 Å². The molecule has 0 saturated carbocycles. The SMILES string of the molecule is C=CCCCCCCCCC(O)S. The van der Waals surface area contributed by atoms with Gasteiger partial charge in [-0.1, -0.05) is 38.2 Å². The molecular weight excluding hydrogens is 180 g/mol. The maximum absolute atomic E-state index is 8.88. The van der Waals surface area contributed by atoms with Crippen LogP contribution in [0.15, 0.2) is 12.7 Å². The number of allylic oxidation sites excluding steroid dienone is 1. The summed E-state index contributed by atoms with van der Waals surface area (Å²) in [6, 6.07) is 0. The van der Waals surface area contributed by atoms with Gasteiger partial charge in [-0.2, -0.15) is 0 Å². The fraction of sp³-hybridized carbons (Fsp3) is 0.818. The predicted molar refractivity (Wildman–Crippen MR) is 62.1 cm³/mol. The minimum absolute atomic E-state index is 0.416. The molecule has 1 nitrogen and oxygen atoms in total. The summed E-state index contributed by atoms with van der Waals surface area (Å²) in [7, 11) is 0. The van der Waals surface area contributed by atoms with Crippen molar-refractivity contribution in [2.45, 2.75) is 56.8 Å². The lowest BCUT2D eigenvalue weighted by molar-refractivity contribution is 0.249. The van der Waals surface area contributed by atoms with E-state index in [1.807, 2.05) is 6.08 Å². The average Bonchev–Trinajstić information content (AvgIpc) is 2.09.